The molecule has 2 rings (SSSR count). The van der Waals surface area contributed by atoms with Crippen LogP contribution >= 0.6 is 0 Å². The predicted molar refractivity (Wildman–Crippen MR) is 79.4 cm³/mol. The van der Waals surface area contributed by atoms with Gasteiger partial charge in [0, 0.05) is 0 Å². The number of nitrogens with zero attached hydrogens (tertiary/aromatic N) is 2. The van der Waals surface area contributed by atoms with Gasteiger partial charge in [-0.1, -0.05) is 0 Å². The Morgan fingerprint density at radius 2 is 1.05 bits per heavy atom. The van der Waals surface area contributed by atoms with E-state index in [1.54, 1.807) is 48.5 Å². The van der Waals surface area contributed by atoms with E-state index in [0.717, 1.165) is 0 Å². The van der Waals surface area contributed by atoms with Crippen molar-refractivity contribution < 1.29 is 19.1 Å². The molecule has 0 aliphatic carbocycles. The highest BCUT2D eigenvalue weighted by atomic mass is 16.5. The first kappa shape index (κ1) is 15.2. The molecule has 0 heterocycles. The third-order valence-corrected chi connectivity index (χ3v) is 2.64. The zero-order valence-electron chi connectivity index (χ0n) is 11.6. The summed E-state index contributed by atoms with van der Waals surface area (Å²) in [5.74, 6) is 1.31. The Bertz CT molecular complexity index is 634. The molecule has 22 heavy (non-hydrogen) atoms. The molecule has 0 radical (unpaired) electrons. The van der Waals surface area contributed by atoms with Gasteiger partial charge in [0.25, 0.3) is 0 Å². The van der Waals surface area contributed by atoms with E-state index < -0.39 is 0 Å². The van der Waals surface area contributed by atoms with Crippen molar-refractivity contribution in [3.05, 3.63) is 48.5 Å². The number of ether oxygens (including phenoxy) is 2. The minimum Gasteiger partial charge on any atom is -0.490 e. The third kappa shape index (κ3) is 4.72. The van der Waals surface area contributed by atoms with Crippen molar-refractivity contribution in [2.24, 2.45) is 9.98 Å². The van der Waals surface area contributed by atoms with Crippen LogP contribution in [-0.4, -0.2) is 25.4 Å². The second-order valence-corrected chi connectivity index (χ2v) is 4.09. The maximum atomic E-state index is 10.1. The van der Waals surface area contributed by atoms with Crippen LogP contribution in [0.3, 0.4) is 0 Å². The number of aliphatic imine (C=N–C) groups is 2. The molecule has 2 aromatic carbocycles. The Morgan fingerprint density at radius 1 is 0.682 bits per heavy atom. The molecule has 6 heteroatoms. The average molecular weight is 296 g/mol. The van der Waals surface area contributed by atoms with E-state index in [-0.39, 0.29) is 0 Å². The van der Waals surface area contributed by atoms with Gasteiger partial charge < -0.3 is 9.47 Å². The van der Waals surface area contributed by atoms with Crippen molar-refractivity contribution in [1.82, 2.24) is 0 Å². The first-order valence-corrected chi connectivity index (χ1v) is 6.43. The lowest BCUT2D eigenvalue weighted by Gasteiger charge is -2.08. The summed E-state index contributed by atoms with van der Waals surface area (Å²) in [5.41, 5.74) is 1.05. The highest BCUT2D eigenvalue weighted by molar-refractivity contribution is 5.50. The summed E-state index contributed by atoms with van der Waals surface area (Å²) in [5, 5.41) is 0. The van der Waals surface area contributed by atoms with Crippen LogP contribution in [0.25, 0.3) is 0 Å². The predicted octanol–water partition coefficient (Wildman–Crippen LogP) is 3.08. The van der Waals surface area contributed by atoms with E-state index in [9.17, 15) is 9.59 Å². The van der Waals surface area contributed by atoms with Gasteiger partial charge in [0.05, 0.1) is 11.4 Å². The lowest BCUT2D eigenvalue weighted by atomic mass is 10.3. The fourth-order valence-corrected chi connectivity index (χ4v) is 1.66. The standard InChI is InChI=1S/C16H12N2O4/c19-11-17-13-1-5-15(6-2-13)21-9-10-22-16-7-3-14(4-8-16)18-12-20/h1-8H,9-10H2. The Hall–Kier alpha value is -3.20. The molecule has 0 fully saturated rings. The molecule has 0 bridgehead atoms. The maximum absolute atomic E-state index is 10.1. The SMILES string of the molecule is O=C=Nc1ccc(OCCOc2ccc(N=C=O)cc2)cc1. The first-order valence-electron chi connectivity index (χ1n) is 6.43. The van der Waals surface area contributed by atoms with Crippen molar-refractivity contribution in [2.45, 2.75) is 0 Å². The van der Waals surface area contributed by atoms with Gasteiger partial charge in [-0.3, -0.25) is 0 Å². The largest absolute Gasteiger partial charge is 0.490 e. The number of isocyanates is 2. The molecular formula is C16H12N2O4. The van der Waals surface area contributed by atoms with Crippen molar-refractivity contribution in [3.8, 4) is 11.5 Å². The second-order valence-electron chi connectivity index (χ2n) is 4.09. The summed E-state index contributed by atoms with van der Waals surface area (Å²) in [6, 6.07) is 13.5. The molecule has 110 valence electrons. The summed E-state index contributed by atoms with van der Waals surface area (Å²) in [4.78, 5) is 27.2. The van der Waals surface area contributed by atoms with E-state index in [0.29, 0.717) is 36.1 Å². The Labute approximate surface area is 126 Å². The first-order chi connectivity index (χ1) is 10.8. The van der Waals surface area contributed by atoms with Crippen molar-refractivity contribution >= 4 is 23.5 Å². The summed E-state index contributed by atoms with van der Waals surface area (Å²) in [6.45, 7) is 0.731. The van der Waals surface area contributed by atoms with Gasteiger partial charge in [0.2, 0.25) is 12.2 Å². The Morgan fingerprint density at radius 3 is 1.36 bits per heavy atom. The van der Waals surface area contributed by atoms with Crippen LogP contribution in [0.1, 0.15) is 0 Å². The molecule has 0 aliphatic heterocycles. The quantitative estimate of drug-likeness (QED) is 0.447. The zero-order chi connectivity index (χ0) is 15.6. The smallest absolute Gasteiger partial charge is 0.240 e. The number of hydrogen-bond donors (Lipinski definition) is 0. The van der Waals surface area contributed by atoms with Crippen molar-refractivity contribution in [2.75, 3.05) is 13.2 Å². The molecule has 0 saturated carbocycles. The monoisotopic (exact) mass is 296 g/mol. The number of carbonyl (C=O) groups excluding carboxylic acids is 2. The van der Waals surface area contributed by atoms with Crippen LogP contribution in [0.4, 0.5) is 11.4 Å². The second kappa shape index (κ2) is 8.17. The van der Waals surface area contributed by atoms with Crippen LogP contribution in [0.2, 0.25) is 0 Å². The van der Waals surface area contributed by atoms with E-state index in [2.05, 4.69) is 9.98 Å². The van der Waals surface area contributed by atoms with Gasteiger partial charge in [0.15, 0.2) is 0 Å². The van der Waals surface area contributed by atoms with Gasteiger partial charge in [-0.05, 0) is 48.5 Å². The molecule has 0 unspecified atom stereocenters. The minimum absolute atomic E-state index is 0.366. The summed E-state index contributed by atoms with van der Waals surface area (Å²) in [6.07, 6.45) is 2.94. The molecule has 2 aromatic rings. The molecule has 0 saturated heterocycles. The third-order valence-electron chi connectivity index (χ3n) is 2.64. The van der Waals surface area contributed by atoms with E-state index in [4.69, 9.17) is 9.47 Å². The summed E-state index contributed by atoms with van der Waals surface area (Å²) >= 11 is 0. The topological polar surface area (TPSA) is 77.3 Å². The fourth-order valence-electron chi connectivity index (χ4n) is 1.66. The summed E-state index contributed by atoms with van der Waals surface area (Å²) in [7, 11) is 0. The highest BCUT2D eigenvalue weighted by Gasteiger charge is 1.97. The Balaban J connectivity index is 1.76. The molecular weight excluding hydrogens is 284 g/mol. The normalized spacial score (nSPS) is 9.27. The van der Waals surface area contributed by atoms with Crippen LogP contribution < -0.4 is 9.47 Å². The van der Waals surface area contributed by atoms with Gasteiger partial charge in [0.1, 0.15) is 24.7 Å². The summed E-state index contributed by atoms with van der Waals surface area (Å²) < 4.78 is 11.0. The molecule has 6 nitrogen and oxygen atoms in total. The van der Waals surface area contributed by atoms with Crippen molar-refractivity contribution in [3.63, 3.8) is 0 Å². The van der Waals surface area contributed by atoms with E-state index in [1.165, 1.54) is 12.2 Å². The van der Waals surface area contributed by atoms with Gasteiger partial charge in [-0.15, -0.1) is 0 Å². The Kier molecular flexibility index (Phi) is 5.64. The van der Waals surface area contributed by atoms with E-state index >= 15 is 0 Å². The van der Waals surface area contributed by atoms with Gasteiger partial charge in [-0.2, -0.15) is 9.98 Å². The highest BCUT2D eigenvalue weighted by Crippen LogP contribution is 2.19. The van der Waals surface area contributed by atoms with Crippen LogP contribution in [-0.2, 0) is 9.59 Å². The van der Waals surface area contributed by atoms with Crippen LogP contribution in [0, 0.1) is 0 Å². The molecule has 0 atom stereocenters. The van der Waals surface area contributed by atoms with E-state index in [1.807, 2.05) is 0 Å². The number of hydrogen-bond acceptors (Lipinski definition) is 6. The zero-order valence-corrected chi connectivity index (χ0v) is 11.6. The number of rotatable bonds is 7. The molecule has 0 aromatic heterocycles. The van der Waals surface area contributed by atoms with Gasteiger partial charge in [-0.25, -0.2) is 9.59 Å². The fraction of sp³-hybridized carbons (Fsp3) is 0.125. The minimum atomic E-state index is 0.366. The number of benzene rings is 2. The molecule has 0 spiro atoms. The average Bonchev–Trinajstić information content (AvgIpc) is 2.55. The lowest BCUT2D eigenvalue weighted by Crippen LogP contribution is -2.08. The maximum Gasteiger partial charge on any atom is 0.240 e. The van der Waals surface area contributed by atoms with Crippen LogP contribution in [0.15, 0.2) is 58.5 Å². The van der Waals surface area contributed by atoms with Crippen LogP contribution in [0.5, 0.6) is 11.5 Å². The van der Waals surface area contributed by atoms with Crippen molar-refractivity contribution in [1.29, 1.82) is 0 Å². The molecule has 0 amide bonds. The van der Waals surface area contributed by atoms with Gasteiger partial charge >= 0.3 is 0 Å². The lowest BCUT2D eigenvalue weighted by molar-refractivity contribution is 0.217. The molecule has 0 N–H and O–H groups in total. The molecule has 0 aliphatic rings.